The maximum atomic E-state index is 12.7. The van der Waals surface area contributed by atoms with E-state index in [1.807, 2.05) is 0 Å². The molecule has 0 saturated carbocycles. The van der Waals surface area contributed by atoms with Gasteiger partial charge >= 0.3 is 12.1 Å². The van der Waals surface area contributed by atoms with E-state index in [1.165, 1.54) is 13.2 Å². The molecule has 0 bridgehead atoms. The summed E-state index contributed by atoms with van der Waals surface area (Å²) < 4.78 is 42.5. The second kappa shape index (κ2) is 7.45. The van der Waals surface area contributed by atoms with Gasteiger partial charge in [-0.2, -0.15) is 13.2 Å². The van der Waals surface area contributed by atoms with E-state index in [4.69, 9.17) is 11.6 Å². The second-order valence-corrected chi connectivity index (χ2v) is 4.81. The lowest BCUT2D eigenvalue weighted by Gasteiger charge is -2.10. The van der Waals surface area contributed by atoms with Gasteiger partial charge in [0.25, 0.3) is 0 Å². The maximum Gasteiger partial charge on any atom is 0.417 e. The Labute approximate surface area is 125 Å². The highest BCUT2D eigenvalue weighted by atomic mass is 35.5. The zero-order valence-corrected chi connectivity index (χ0v) is 12.1. The lowest BCUT2D eigenvalue weighted by molar-refractivity contribution is -0.140. The quantitative estimate of drug-likeness (QED) is 0.446. The van der Waals surface area contributed by atoms with Gasteiger partial charge in [-0.25, -0.2) is 0 Å². The Morgan fingerprint density at radius 2 is 1.81 bits per heavy atom. The number of methoxy groups -OCH3 is 1. The Hall–Kier alpha value is -1.56. The van der Waals surface area contributed by atoms with Crippen molar-refractivity contribution in [1.82, 2.24) is 0 Å². The number of alkyl halides is 3. The molecular weight excluding hydrogens is 309 g/mol. The molecule has 0 aliphatic heterocycles. The molecule has 0 atom stereocenters. The molecule has 7 heteroatoms. The lowest BCUT2D eigenvalue weighted by atomic mass is 10.0. The van der Waals surface area contributed by atoms with E-state index in [-0.39, 0.29) is 24.4 Å². The number of carbonyl (C=O) groups is 2. The van der Waals surface area contributed by atoms with E-state index in [0.717, 1.165) is 12.1 Å². The van der Waals surface area contributed by atoms with Crippen molar-refractivity contribution >= 4 is 23.4 Å². The number of halogens is 4. The summed E-state index contributed by atoms with van der Waals surface area (Å²) in [6.07, 6.45) is -3.51. The molecular formula is C14H14ClF3O3. The molecule has 0 saturated heterocycles. The first-order valence-corrected chi connectivity index (χ1v) is 6.60. The Morgan fingerprint density at radius 3 is 2.38 bits per heavy atom. The van der Waals surface area contributed by atoms with Crippen molar-refractivity contribution in [3.8, 4) is 0 Å². The van der Waals surface area contributed by atoms with Crippen LogP contribution < -0.4 is 0 Å². The van der Waals surface area contributed by atoms with Crippen LogP contribution in [0.4, 0.5) is 13.2 Å². The molecule has 0 amide bonds. The van der Waals surface area contributed by atoms with Crippen LogP contribution in [0.2, 0.25) is 5.02 Å². The largest absolute Gasteiger partial charge is 0.469 e. The highest BCUT2D eigenvalue weighted by Gasteiger charge is 2.33. The van der Waals surface area contributed by atoms with Gasteiger partial charge in [-0.1, -0.05) is 11.6 Å². The Balaban J connectivity index is 2.65. The van der Waals surface area contributed by atoms with Crippen LogP contribution in [0.1, 0.15) is 41.6 Å². The van der Waals surface area contributed by atoms with E-state index < -0.39 is 22.5 Å². The number of hydrogen-bond acceptors (Lipinski definition) is 3. The van der Waals surface area contributed by atoms with E-state index in [2.05, 4.69) is 4.74 Å². The molecule has 1 rings (SSSR count). The minimum atomic E-state index is -4.60. The molecule has 0 fully saturated rings. The van der Waals surface area contributed by atoms with Crippen LogP contribution in [0.3, 0.4) is 0 Å². The summed E-state index contributed by atoms with van der Waals surface area (Å²) >= 11 is 5.48. The summed E-state index contributed by atoms with van der Waals surface area (Å²) in [5.41, 5.74) is -1.06. The van der Waals surface area contributed by atoms with Crippen molar-refractivity contribution in [3.05, 3.63) is 34.3 Å². The van der Waals surface area contributed by atoms with Crippen LogP contribution in [-0.4, -0.2) is 18.9 Å². The topological polar surface area (TPSA) is 43.4 Å². The number of hydrogen-bond donors (Lipinski definition) is 0. The number of rotatable bonds is 6. The molecule has 0 radical (unpaired) electrons. The summed E-state index contributed by atoms with van der Waals surface area (Å²) in [5, 5.41) is -0.440. The number of ether oxygens (including phenoxy) is 1. The van der Waals surface area contributed by atoms with Crippen LogP contribution >= 0.6 is 11.6 Å². The van der Waals surface area contributed by atoms with E-state index in [1.54, 1.807) is 0 Å². The van der Waals surface area contributed by atoms with Crippen LogP contribution in [0, 0.1) is 0 Å². The van der Waals surface area contributed by atoms with Crippen LogP contribution in [-0.2, 0) is 15.7 Å². The molecule has 1 aromatic carbocycles. The summed E-state index contributed by atoms with van der Waals surface area (Å²) in [4.78, 5) is 22.7. The minimum absolute atomic E-state index is 0.0372. The Morgan fingerprint density at radius 1 is 1.19 bits per heavy atom. The van der Waals surface area contributed by atoms with Crippen molar-refractivity contribution < 1.29 is 27.5 Å². The van der Waals surface area contributed by atoms with Crippen molar-refractivity contribution in [2.45, 2.75) is 31.9 Å². The molecule has 21 heavy (non-hydrogen) atoms. The third kappa shape index (κ3) is 5.38. The molecule has 0 unspecified atom stereocenters. The number of ketones is 1. The van der Waals surface area contributed by atoms with E-state index in [0.29, 0.717) is 12.8 Å². The molecule has 0 aliphatic carbocycles. The summed E-state index contributed by atoms with van der Waals surface area (Å²) in [6.45, 7) is 0. The van der Waals surface area contributed by atoms with Crippen molar-refractivity contribution in [1.29, 1.82) is 0 Å². The first kappa shape index (κ1) is 17.5. The van der Waals surface area contributed by atoms with Gasteiger partial charge in [-0.05, 0) is 31.0 Å². The van der Waals surface area contributed by atoms with E-state index in [9.17, 15) is 22.8 Å². The minimum Gasteiger partial charge on any atom is -0.469 e. The standard InChI is InChI=1S/C14H14ClF3O3/c1-21-13(20)5-3-2-4-12(19)9-6-7-11(15)10(8-9)14(16,17)18/h6-8H,2-5H2,1H3. The van der Waals surface area contributed by atoms with Crippen LogP contribution in [0.5, 0.6) is 0 Å². The first-order chi connectivity index (χ1) is 9.75. The molecule has 0 N–H and O–H groups in total. The van der Waals surface area contributed by atoms with Gasteiger partial charge in [0.05, 0.1) is 17.7 Å². The zero-order chi connectivity index (χ0) is 16.0. The fourth-order valence-electron chi connectivity index (χ4n) is 1.72. The predicted molar refractivity (Wildman–Crippen MR) is 71.3 cm³/mol. The monoisotopic (exact) mass is 322 g/mol. The van der Waals surface area contributed by atoms with Gasteiger partial charge < -0.3 is 4.74 Å². The van der Waals surface area contributed by atoms with E-state index >= 15 is 0 Å². The van der Waals surface area contributed by atoms with Gasteiger partial charge in [0.1, 0.15) is 0 Å². The predicted octanol–water partition coefficient (Wildman–Crippen LogP) is 4.27. The lowest BCUT2D eigenvalue weighted by Crippen LogP contribution is -2.09. The smallest absolute Gasteiger partial charge is 0.417 e. The highest BCUT2D eigenvalue weighted by Crippen LogP contribution is 2.35. The Kier molecular flexibility index (Phi) is 6.20. The number of carbonyl (C=O) groups excluding carboxylic acids is 2. The molecule has 0 heterocycles. The third-order valence-electron chi connectivity index (χ3n) is 2.86. The average Bonchev–Trinajstić information content (AvgIpc) is 2.42. The fourth-order valence-corrected chi connectivity index (χ4v) is 1.94. The van der Waals surface area contributed by atoms with Gasteiger partial charge in [-0.3, -0.25) is 9.59 Å². The molecule has 0 aromatic heterocycles. The van der Waals surface area contributed by atoms with Crippen molar-refractivity contribution in [2.75, 3.05) is 7.11 Å². The number of benzene rings is 1. The number of unbranched alkanes of at least 4 members (excludes halogenated alkanes) is 1. The molecule has 0 aliphatic rings. The average molecular weight is 323 g/mol. The van der Waals surface area contributed by atoms with Gasteiger partial charge in [0.2, 0.25) is 0 Å². The SMILES string of the molecule is COC(=O)CCCCC(=O)c1ccc(Cl)c(C(F)(F)F)c1. The van der Waals surface area contributed by atoms with Crippen molar-refractivity contribution in [3.63, 3.8) is 0 Å². The summed E-state index contributed by atoms with van der Waals surface area (Å²) in [7, 11) is 1.26. The number of esters is 1. The number of Topliss-reactive ketones (excluding diaryl/α,β-unsaturated/α-hetero) is 1. The van der Waals surface area contributed by atoms with Gasteiger partial charge in [0, 0.05) is 18.4 Å². The normalized spacial score (nSPS) is 11.3. The molecule has 3 nitrogen and oxygen atoms in total. The van der Waals surface area contributed by atoms with Crippen LogP contribution in [0.25, 0.3) is 0 Å². The van der Waals surface area contributed by atoms with Crippen molar-refractivity contribution in [2.24, 2.45) is 0 Å². The van der Waals surface area contributed by atoms with Crippen LogP contribution in [0.15, 0.2) is 18.2 Å². The fraction of sp³-hybridized carbons (Fsp3) is 0.429. The molecule has 0 spiro atoms. The molecule has 116 valence electrons. The second-order valence-electron chi connectivity index (χ2n) is 4.40. The third-order valence-corrected chi connectivity index (χ3v) is 3.19. The zero-order valence-electron chi connectivity index (χ0n) is 11.3. The van der Waals surface area contributed by atoms with Gasteiger partial charge in [-0.15, -0.1) is 0 Å². The summed E-state index contributed by atoms with van der Waals surface area (Å²) in [5.74, 6) is -0.796. The molecule has 1 aromatic rings. The first-order valence-electron chi connectivity index (χ1n) is 6.22. The maximum absolute atomic E-state index is 12.7. The highest BCUT2D eigenvalue weighted by molar-refractivity contribution is 6.31. The Bertz CT molecular complexity index is 527. The summed E-state index contributed by atoms with van der Waals surface area (Å²) in [6, 6.07) is 3.08. The van der Waals surface area contributed by atoms with Gasteiger partial charge in [0.15, 0.2) is 5.78 Å².